The second-order valence-electron chi connectivity index (χ2n) is 7.43. The van der Waals surface area contributed by atoms with Crippen molar-refractivity contribution >= 4 is 38.9 Å². The van der Waals surface area contributed by atoms with E-state index < -0.39 is 10.0 Å². The number of carbonyl (C=O) groups is 1. The molecule has 0 radical (unpaired) electrons. The van der Waals surface area contributed by atoms with Crippen molar-refractivity contribution in [3.8, 4) is 0 Å². The van der Waals surface area contributed by atoms with Gasteiger partial charge in [-0.3, -0.25) is 9.52 Å². The van der Waals surface area contributed by atoms with Gasteiger partial charge < -0.3 is 4.90 Å². The molecule has 0 fully saturated rings. The Balaban J connectivity index is 1.61. The Hall–Kier alpha value is -2.83. The lowest BCUT2D eigenvalue weighted by atomic mass is 10.1. The summed E-state index contributed by atoms with van der Waals surface area (Å²) < 4.78 is 28.4. The third-order valence-corrected chi connectivity index (χ3v) is 6.84. The van der Waals surface area contributed by atoms with Crippen molar-refractivity contribution in [2.24, 2.45) is 0 Å². The minimum Gasteiger partial charge on any atom is -0.308 e. The van der Waals surface area contributed by atoms with E-state index in [1.807, 2.05) is 38.1 Å². The van der Waals surface area contributed by atoms with E-state index in [2.05, 4.69) is 4.72 Å². The first-order chi connectivity index (χ1) is 14.2. The van der Waals surface area contributed by atoms with Crippen LogP contribution in [-0.2, 0) is 16.4 Å². The van der Waals surface area contributed by atoms with Crippen molar-refractivity contribution in [1.29, 1.82) is 0 Å². The first-order valence-electron chi connectivity index (χ1n) is 9.55. The molecule has 4 rings (SSSR count). The van der Waals surface area contributed by atoms with E-state index in [0.717, 1.165) is 22.4 Å². The Morgan fingerprint density at radius 2 is 1.73 bits per heavy atom. The molecule has 1 aliphatic rings. The lowest BCUT2D eigenvalue weighted by molar-refractivity contribution is 0.0989. The topological polar surface area (TPSA) is 66.5 Å². The van der Waals surface area contributed by atoms with Crippen molar-refractivity contribution in [1.82, 2.24) is 0 Å². The number of halogens is 1. The number of nitrogens with one attached hydrogen (secondary N) is 1. The minimum atomic E-state index is -3.78. The van der Waals surface area contributed by atoms with E-state index in [9.17, 15) is 13.2 Å². The van der Waals surface area contributed by atoms with E-state index in [-0.39, 0.29) is 10.8 Å². The van der Waals surface area contributed by atoms with Crippen LogP contribution in [0.1, 0.15) is 27.0 Å². The molecule has 0 spiro atoms. The van der Waals surface area contributed by atoms with Gasteiger partial charge in [-0.05, 0) is 73.9 Å². The molecule has 154 valence electrons. The average Bonchev–Trinajstić information content (AvgIpc) is 3.14. The predicted octanol–water partition coefficient (Wildman–Crippen LogP) is 4.96. The molecule has 7 heteroatoms. The molecule has 0 saturated carbocycles. The molecule has 1 aliphatic heterocycles. The maximum Gasteiger partial charge on any atom is 0.261 e. The molecule has 0 saturated heterocycles. The molecule has 0 unspecified atom stereocenters. The van der Waals surface area contributed by atoms with Crippen LogP contribution in [-0.4, -0.2) is 20.9 Å². The SMILES string of the molecule is Cc1ccc(C(=O)N2CCc3cc(S(=O)(=O)Nc4cc(Cl)ccc4C)ccc32)cc1. The third kappa shape index (κ3) is 3.93. The quantitative estimate of drug-likeness (QED) is 0.623. The molecule has 0 atom stereocenters. The summed E-state index contributed by atoms with van der Waals surface area (Å²) in [6.45, 7) is 4.30. The van der Waals surface area contributed by atoms with Crippen molar-refractivity contribution in [2.45, 2.75) is 25.2 Å². The van der Waals surface area contributed by atoms with Crippen LogP contribution >= 0.6 is 11.6 Å². The standard InChI is InChI=1S/C23H21ClN2O3S/c1-15-3-6-17(7-4-15)23(27)26-12-11-18-13-20(9-10-22(18)26)30(28,29)25-21-14-19(24)8-5-16(21)2/h3-10,13-14,25H,11-12H2,1-2H3. The number of hydrogen-bond donors (Lipinski definition) is 1. The largest absolute Gasteiger partial charge is 0.308 e. The molecule has 1 N–H and O–H groups in total. The van der Waals surface area contributed by atoms with Crippen molar-refractivity contribution in [3.63, 3.8) is 0 Å². The number of carbonyl (C=O) groups excluding carboxylic acids is 1. The van der Waals surface area contributed by atoms with Crippen LogP contribution in [0.25, 0.3) is 0 Å². The molecule has 30 heavy (non-hydrogen) atoms. The van der Waals surface area contributed by atoms with Gasteiger partial charge in [-0.2, -0.15) is 0 Å². The van der Waals surface area contributed by atoms with Gasteiger partial charge in [0.15, 0.2) is 0 Å². The zero-order chi connectivity index (χ0) is 21.5. The highest BCUT2D eigenvalue weighted by Gasteiger charge is 2.27. The summed E-state index contributed by atoms with van der Waals surface area (Å²) in [4.78, 5) is 14.8. The van der Waals surface area contributed by atoms with Gasteiger partial charge in [-0.15, -0.1) is 0 Å². The number of sulfonamides is 1. The summed E-state index contributed by atoms with van der Waals surface area (Å²) in [5, 5.41) is 0.456. The van der Waals surface area contributed by atoms with Crippen molar-refractivity contribution in [3.05, 3.63) is 87.9 Å². The summed E-state index contributed by atoms with van der Waals surface area (Å²) in [7, 11) is -3.78. The van der Waals surface area contributed by atoms with Crippen LogP contribution in [0.15, 0.2) is 65.6 Å². The van der Waals surface area contributed by atoms with E-state index >= 15 is 0 Å². The van der Waals surface area contributed by atoms with Gasteiger partial charge in [0, 0.05) is 22.8 Å². The normalized spacial score (nSPS) is 13.2. The second kappa shape index (κ2) is 7.78. The number of anilines is 2. The Bertz CT molecular complexity index is 1240. The van der Waals surface area contributed by atoms with Gasteiger partial charge in [-0.25, -0.2) is 8.42 Å². The maximum atomic E-state index is 12.9. The Morgan fingerprint density at radius 3 is 2.47 bits per heavy atom. The number of nitrogens with zero attached hydrogens (tertiary/aromatic N) is 1. The smallest absolute Gasteiger partial charge is 0.261 e. The summed E-state index contributed by atoms with van der Waals surface area (Å²) in [5.41, 5.74) is 4.51. The van der Waals surface area contributed by atoms with Crippen LogP contribution in [0.4, 0.5) is 11.4 Å². The monoisotopic (exact) mass is 440 g/mol. The number of rotatable bonds is 4. The molecule has 1 amide bonds. The van der Waals surface area contributed by atoms with Crippen molar-refractivity contribution < 1.29 is 13.2 Å². The fraction of sp³-hybridized carbons (Fsp3) is 0.174. The average molecular weight is 441 g/mol. The summed E-state index contributed by atoms with van der Waals surface area (Å²) >= 11 is 6.00. The third-order valence-electron chi connectivity index (χ3n) is 5.24. The van der Waals surface area contributed by atoms with E-state index in [0.29, 0.717) is 29.2 Å². The zero-order valence-electron chi connectivity index (χ0n) is 16.6. The van der Waals surface area contributed by atoms with Gasteiger partial charge >= 0.3 is 0 Å². The van der Waals surface area contributed by atoms with E-state index in [4.69, 9.17) is 11.6 Å². The van der Waals surface area contributed by atoms with Crippen LogP contribution in [0, 0.1) is 13.8 Å². The highest BCUT2D eigenvalue weighted by atomic mass is 35.5. The molecule has 0 aliphatic carbocycles. The fourth-order valence-electron chi connectivity index (χ4n) is 3.52. The number of aryl methyl sites for hydroxylation is 2. The van der Waals surface area contributed by atoms with Gasteiger partial charge in [0.05, 0.1) is 10.6 Å². The minimum absolute atomic E-state index is 0.0861. The maximum absolute atomic E-state index is 12.9. The van der Waals surface area contributed by atoms with Crippen LogP contribution < -0.4 is 9.62 Å². The zero-order valence-corrected chi connectivity index (χ0v) is 18.2. The van der Waals surface area contributed by atoms with Gasteiger partial charge in [0.1, 0.15) is 0 Å². The number of hydrogen-bond acceptors (Lipinski definition) is 3. The molecule has 1 heterocycles. The molecule has 0 bridgehead atoms. The van der Waals surface area contributed by atoms with Crippen molar-refractivity contribution in [2.75, 3.05) is 16.2 Å². The van der Waals surface area contributed by atoms with E-state index in [1.165, 1.54) is 6.07 Å². The highest BCUT2D eigenvalue weighted by molar-refractivity contribution is 7.92. The summed E-state index contributed by atoms with van der Waals surface area (Å²) in [6.07, 6.45) is 0.604. The van der Waals surface area contributed by atoms with Gasteiger partial charge in [0.2, 0.25) is 0 Å². The van der Waals surface area contributed by atoms with Crippen LogP contribution in [0.2, 0.25) is 5.02 Å². The van der Waals surface area contributed by atoms with E-state index in [1.54, 1.807) is 35.2 Å². The number of amides is 1. The Kier molecular flexibility index (Phi) is 5.30. The lowest BCUT2D eigenvalue weighted by Gasteiger charge is -2.18. The van der Waals surface area contributed by atoms with Gasteiger partial charge in [0.25, 0.3) is 15.9 Å². The number of benzene rings is 3. The first kappa shape index (κ1) is 20.4. The predicted molar refractivity (Wildman–Crippen MR) is 120 cm³/mol. The first-order valence-corrected chi connectivity index (χ1v) is 11.4. The molecule has 3 aromatic carbocycles. The van der Waals surface area contributed by atoms with Gasteiger partial charge in [-0.1, -0.05) is 35.4 Å². The molecular weight excluding hydrogens is 420 g/mol. The number of fused-ring (bicyclic) bond motifs is 1. The summed E-state index contributed by atoms with van der Waals surface area (Å²) in [5.74, 6) is -0.0861. The Labute approximate surface area is 181 Å². The molecular formula is C23H21ClN2O3S. The van der Waals surface area contributed by atoms with Crippen LogP contribution in [0.3, 0.4) is 0 Å². The summed E-state index contributed by atoms with van der Waals surface area (Å²) in [6, 6.07) is 17.4. The lowest BCUT2D eigenvalue weighted by Crippen LogP contribution is -2.28. The Morgan fingerprint density at radius 1 is 1.00 bits per heavy atom. The molecule has 3 aromatic rings. The molecule has 0 aromatic heterocycles. The van der Waals surface area contributed by atoms with Crippen LogP contribution in [0.5, 0.6) is 0 Å². The second-order valence-corrected chi connectivity index (χ2v) is 9.55. The fourth-order valence-corrected chi connectivity index (χ4v) is 4.86. The molecule has 5 nitrogen and oxygen atoms in total. The highest BCUT2D eigenvalue weighted by Crippen LogP contribution is 2.32.